The molecule has 3 amide bonds. The van der Waals surface area contributed by atoms with Crippen molar-refractivity contribution in [3.05, 3.63) is 53.6 Å². The van der Waals surface area contributed by atoms with Crippen LogP contribution in [-0.2, 0) is 25.3 Å². The fourth-order valence-corrected chi connectivity index (χ4v) is 7.06. The maximum Gasteiger partial charge on any atom is 0.417 e. The molecule has 38 heavy (non-hydrogen) atoms. The number of carbonyl (C=O) groups excluding carboxylic acids is 3. The summed E-state index contributed by atoms with van der Waals surface area (Å²) in [5.41, 5.74) is -3.03. The highest BCUT2D eigenvalue weighted by Gasteiger charge is 2.73. The molecule has 0 saturated carbocycles. The summed E-state index contributed by atoms with van der Waals surface area (Å²) in [6.45, 7) is 3.22. The van der Waals surface area contributed by atoms with E-state index in [1.807, 2.05) is 12.1 Å². The maximum atomic E-state index is 13.6. The first-order valence-corrected chi connectivity index (χ1v) is 13.1. The number of thioether (sulfide) groups is 1. The second-order valence-electron chi connectivity index (χ2n) is 10.1. The number of halogens is 3. The number of benzene rings is 2. The second-order valence-corrected chi connectivity index (χ2v) is 11.3. The van der Waals surface area contributed by atoms with Crippen LogP contribution in [0.5, 0.6) is 0 Å². The number of ether oxygens (including phenoxy) is 1. The zero-order chi connectivity index (χ0) is 27.5. The predicted molar refractivity (Wildman–Crippen MR) is 133 cm³/mol. The highest BCUT2D eigenvalue weighted by Crippen LogP contribution is 2.62. The van der Waals surface area contributed by atoms with E-state index in [-0.39, 0.29) is 11.6 Å². The van der Waals surface area contributed by atoms with E-state index in [0.717, 1.165) is 15.9 Å². The molecule has 3 aliphatic heterocycles. The molecule has 0 radical (unpaired) electrons. The SMILES string of the molecule is CC(=O)Nc1ccc(SCC[C@@]23CC[C@@](C)(O2)[C@@H]2C(=O)N(c4ccc(C#N)c(C(F)(F)F)c4)C(=O)[C@@H]23)cc1. The van der Waals surface area contributed by atoms with Gasteiger partial charge in [-0.05, 0) is 68.7 Å². The molecule has 4 atom stereocenters. The number of imide groups is 1. The molecule has 2 aromatic rings. The number of hydrogen-bond acceptors (Lipinski definition) is 6. The Hall–Kier alpha value is -3.36. The molecule has 2 bridgehead atoms. The Kier molecular flexibility index (Phi) is 6.31. The molecule has 5 rings (SSSR count). The Labute approximate surface area is 221 Å². The molecule has 0 aliphatic carbocycles. The largest absolute Gasteiger partial charge is 0.417 e. The lowest BCUT2D eigenvalue weighted by Crippen LogP contribution is -2.42. The Balaban J connectivity index is 1.37. The number of anilines is 2. The number of alkyl halides is 3. The minimum absolute atomic E-state index is 0.165. The smallest absolute Gasteiger partial charge is 0.367 e. The van der Waals surface area contributed by atoms with Gasteiger partial charge in [-0.2, -0.15) is 18.4 Å². The molecular formula is C27H24F3N3O4S. The van der Waals surface area contributed by atoms with Crippen LogP contribution in [-0.4, -0.2) is 34.7 Å². The Morgan fingerprint density at radius 1 is 1.16 bits per heavy atom. The van der Waals surface area contributed by atoms with E-state index in [0.29, 0.717) is 36.8 Å². The summed E-state index contributed by atoms with van der Waals surface area (Å²) >= 11 is 1.55. The van der Waals surface area contributed by atoms with Gasteiger partial charge in [-0.1, -0.05) is 0 Å². The number of amides is 3. The van der Waals surface area contributed by atoms with Gasteiger partial charge in [0.2, 0.25) is 17.7 Å². The highest BCUT2D eigenvalue weighted by molar-refractivity contribution is 7.99. The van der Waals surface area contributed by atoms with E-state index in [4.69, 9.17) is 10.00 Å². The summed E-state index contributed by atoms with van der Waals surface area (Å²) in [5.74, 6) is -2.27. The summed E-state index contributed by atoms with van der Waals surface area (Å²) < 4.78 is 47.1. The number of hydrogen-bond donors (Lipinski definition) is 1. The maximum absolute atomic E-state index is 13.6. The molecule has 3 heterocycles. The van der Waals surface area contributed by atoms with Crippen molar-refractivity contribution in [3.63, 3.8) is 0 Å². The third kappa shape index (κ3) is 4.25. The summed E-state index contributed by atoms with van der Waals surface area (Å²) in [6.07, 6.45) is -3.19. The Morgan fingerprint density at radius 2 is 1.84 bits per heavy atom. The van der Waals surface area contributed by atoms with Crippen LogP contribution < -0.4 is 10.2 Å². The lowest BCUT2D eigenvalue weighted by atomic mass is 9.67. The molecule has 1 N–H and O–H groups in total. The molecule has 0 unspecified atom stereocenters. The van der Waals surface area contributed by atoms with E-state index in [2.05, 4.69) is 5.32 Å². The molecule has 3 saturated heterocycles. The van der Waals surface area contributed by atoms with Gasteiger partial charge in [-0.15, -0.1) is 11.8 Å². The summed E-state index contributed by atoms with van der Waals surface area (Å²) in [7, 11) is 0. The molecule has 0 spiro atoms. The number of carbonyl (C=O) groups is 3. The number of nitrogens with zero attached hydrogens (tertiary/aromatic N) is 2. The van der Waals surface area contributed by atoms with Crippen molar-refractivity contribution in [2.75, 3.05) is 16.0 Å². The summed E-state index contributed by atoms with van der Waals surface area (Å²) in [4.78, 5) is 40.2. The van der Waals surface area contributed by atoms with E-state index in [1.165, 1.54) is 19.1 Å². The summed E-state index contributed by atoms with van der Waals surface area (Å²) in [6, 6.07) is 11.8. The van der Waals surface area contributed by atoms with E-state index in [1.54, 1.807) is 30.8 Å². The van der Waals surface area contributed by atoms with Crippen molar-refractivity contribution in [1.82, 2.24) is 0 Å². The minimum atomic E-state index is -4.81. The van der Waals surface area contributed by atoms with Gasteiger partial charge in [-0.25, -0.2) is 4.90 Å². The fourth-order valence-electron chi connectivity index (χ4n) is 6.05. The molecule has 3 fully saturated rings. The average Bonchev–Trinajstić information content (AvgIpc) is 3.43. The van der Waals surface area contributed by atoms with E-state index < -0.39 is 52.2 Å². The van der Waals surface area contributed by atoms with Crippen molar-refractivity contribution in [1.29, 1.82) is 5.26 Å². The topological polar surface area (TPSA) is 99.5 Å². The van der Waals surface area contributed by atoms with Crippen molar-refractivity contribution in [2.45, 2.75) is 55.4 Å². The van der Waals surface area contributed by atoms with E-state index in [9.17, 15) is 27.6 Å². The normalized spacial score (nSPS) is 27.9. The third-order valence-corrected chi connectivity index (χ3v) is 8.68. The van der Waals surface area contributed by atoms with Gasteiger partial charge in [0.05, 0.1) is 45.9 Å². The number of nitriles is 1. The third-order valence-electron chi connectivity index (χ3n) is 7.67. The minimum Gasteiger partial charge on any atom is -0.367 e. The second kappa shape index (κ2) is 9.13. The standard InChI is InChI=1S/C27H24F3N3O4S/c1-15(34)32-17-4-7-19(8-5-17)38-12-11-26-10-9-25(2,37-26)21-22(26)24(36)33(23(21)35)18-6-3-16(14-31)20(13-18)27(28,29)30/h3-8,13,21-22H,9-12H2,1-2H3,(H,32,34)/t21-,22+,25+,26+/m0/s1. The van der Waals surface area contributed by atoms with Crippen LogP contribution >= 0.6 is 11.8 Å². The van der Waals surface area contributed by atoms with Crippen LogP contribution in [0.3, 0.4) is 0 Å². The summed E-state index contributed by atoms with van der Waals surface area (Å²) in [5, 5.41) is 11.8. The van der Waals surface area contributed by atoms with Crippen LogP contribution in [0.25, 0.3) is 0 Å². The van der Waals surface area contributed by atoms with Gasteiger partial charge in [0.1, 0.15) is 0 Å². The van der Waals surface area contributed by atoms with Crippen molar-refractivity contribution in [3.8, 4) is 6.07 Å². The Morgan fingerprint density at radius 3 is 2.47 bits per heavy atom. The number of rotatable bonds is 6. The molecule has 7 nitrogen and oxygen atoms in total. The van der Waals surface area contributed by atoms with Gasteiger partial charge in [0.15, 0.2) is 0 Å². The molecule has 3 aliphatic rings. The Bertz CT molecular complexity index is 1370. The molecular weight excluding hydrogens is 519 g/mol. The molecule has 2 aromatic carbocycles. The van der Waals surface area contributed by atoms with Crippen LogP contribution in [0.15, 0.2) is 47.4 Å². The monoisotopic (exact) mass is 543 g/mol. The fraction of sp³-hybridized carbons (Fsp3) is 0.407. The molecule has 11 heteroatoms. The van der Waals surface area contributed by atoms with Crippen LogP contribution in [0.4, 0.5) is 24.5 Å². The highest BCUT2D eigenvalue weighted by atomic mass is 32.2. The van der Waals surface area contributed by atoms with Crippen LogP contribution in [0.1, 0.15) is 44.2 Å². The zero-order valence-electron chi connectivity index (χ0n) is 20.6. The first-order chi connectivity index (χ1) is 17.9. The van der Waals surface area contributed by atoms with Gasteiger partial charge in [0, 0.05) is 23.3 Å². The zero-order valence-corrected chi connectivity index (χ0v) is 21.4. The van der Waals surface area contributed by atoms with Crippen molar-refractivity contribution >= 4 is 40.9 Å². The first kappa shape index (κ1) is 26.3. The van der Waals surface area contributed by atoms with Gasteiger partial charge < -0.3 is 10.1 Å². The van der Waals surface area contributed by atoms with Gasteiger partial charge >= 0.3 is 6.18 Å². The first-order valence-electron chi connectivity index (χ1n) is 12.1. The number of nitrogens with one attached hydrogen (secondary N) is 1. The molecule has 0 aromatic heterocycles. The van der Waals surface area contributed by atoms with Crippen LogP contribution in [0.2, 0.25) is 0 Å². The predicted octanol–water partition coefficient (Wildman–Crippen LogP) is 5.14. The number of fused-ring (bicyclic) bond motifs is 5. The van der Waals surface area contributed by atoms with Gasteiger partial charge in [-0.3, -0.25) is 14.4 Å². The van der Waals surface area contributed by atoms with Crippen molar-refractivity contribution < 1.29 is 32.3 Å². The average molecular weight is 544 g/mol. The lowest BCUT2D eigenvalue weighted by Gasteiger charge is -2.31. The van der Waals surface area contributed by atoms with Gasteiger partial charge in [0.25, 0.3) is 0 Å². The quantitative estimate of drug-likeness (QED) is 0.400. The van der Waals surface area contributed by atoms with E-state index >= 15 is 0 Å². The molecule has 198 valence electrons. The lowest BCUT2D eigenvalue weighted by molar-refractivity contribution is -0.138. The van der Waals surface area contributed by atoms with Crippen molar-refractivity contribution in [2.24, 2.45) is 11.8 Å². The van der Waals surface area contributed by atoms with Crippen LogP contribution in [0, 0.1) is 23.2 Å².